The summed E-state index contributed by atoms with van der Waals surface area (Å²) in [5.74, 6) is 0.296. The van der Waals surface area contributed by atoms with E-state index in [-0.39, 0.29) is 51.0 Å². The zero-order valence-corrected chi connectivity index (χ0v) is 24.6. The van der Waals surface area contributed by atoms with E-state index in [4.69, 9.17) is 9.47 Å². The molecule has 0 bridgehead atoms. The van der Waals surface area contributed by atoms with Gasteiger partial charge in [0.25, 0.3) is 0 Å². The minimum absolute atomic E-state index is 0.0727. The van der Waals surface area contributed by atoms with Crippen molar-refractivity contribution in [2.75, 3.05) is 20.3 Å². The second-order valence-corrected chi connectivity index (χ2v) is 11.1. The largest absolute Gasteiger partial charge is 0.493 e. The minimum Gasteiger partial charge on any atom is -0.493 e. The van der Waals surface area contributed by atoms with Gasteiger partial charge in [-0.15, -0.1) is 0 Å². The van der Waals surface area contributed by atoms with Gasteiger partial charge in [-0.05, 0) is 57.8 Å². The van der Waals surface area contributed by atoms with Gasteiger partial charge in [0, 0.05) is 31.5 Å². The van der Waals surface area contributed by atoms with Crippen molar-refractivity contribution in [2.45, 2.75) is 58.1 Å². The van der Waals surface area contributed by atoms with Crippen LogP contribution in [0.25, 0.3) is 0 Å². The van der Waals surface area contributed by atoms with Crippen LogP contribution in [0.5, 0.6) is 11.5 Å². The zero-order chi connectivity index (χ0) is 28.5. The van der Waals surface area contributed by atoms with Crippen molar-refractivity contribution in [3.05, 3.63) is 68.8 Å². The Morgan fingerprint density at radius 2 is 1.87 bits per heavy atom. The van der Waals surface area contributed by atoms with Crippen molar-refractivity contribution < 1.29 is 34.4 Å². The third-order valence-corrected chi connectivity index (χ3v) is 7.24. The fourth-order valence-electron chi connectivity index (χ4n) is 4.53. The first-order valence-electron chi connectivity index (χ1n) is 12.9. The topological polar surface area (TPSA) is 129 Å². The minimum atomic E-state index is -1.16. The van der Waals surface area contributed by atoms with Crippen LogP contribution in [0.1, 0.15) is 37.8 Å². The number of benzene rings is 2. The Morgan fingerprint density at radius 3 is 2.49 bits per heavy atom. The van der Waals surface area contributed by atoms with Crippen LogP contribution in [-0.4, -0.2) is 70.5 Å². The predicted molar refractivity (Wildman–Crippen MR) is 155 cm³/mol. The maximum absolute atomic E-state index is 13.5. The lowest BCUT2D eigenvalue weighted by molar-refractivity contribution is -0.140. The van der Waals surface area contributed by atoms with E-state index in [0.29, 0.717) is 26.2 Å². The Morgan fingerprint density at radius 1 is 1.15 bits per heavy atom. The molecule has 4 N–H and O–H groups in total. The average molecular weight is 653 g/mol. The molecular formula is C29H37IN2O7. The molecule has 2 amide bonds. The van der Waals surface area contributed by atoms with Gasteiger partial charge in [-0.2, -0.15) is 0 Å². The summed E-state index contributed by atoms with van der Waals surface area (Å²) in [6, 6.07) is 12.2. The molecule has 10 heteroatoms. The summed E-state index contributed by atoms with van der Waals surface area (Å²) in [5.41, 5.74) is 1.88. The van der Waals surface area contributed by atoms with Crippen molar-refractivity contribution in [2.24, 2.45) is 5.92 Å². The SMILES string of the molecule is COc1cc(CO)cc(I)c1O[C@H]1C=C(C(=O)NCCO)C[C@@H](N(Cc2ccccc2)C(=O)CC(C)C)[C@@H]1O. The summed E-state index contributed by atoms with van der Waals surface area (Å²) < 4.78 is 12.4. The number of halogens is 1. The second kappa shape index (κ2) is 14.6. The molecule has 0 saturated heterocycles. The lowest BCUT2D eigenvalue weighted by atomic mass is 9.87. The van der Waals surface area contributed by atoms with E-state index in [1.165, 1.54) is 7.11 Å². The molecule has 1 aliphatic carbocycles. The summed E-state index contributed by atoms with van der Waals surface area (Å²) in [5, 5.41) is 33.1. The normalized spacial score (nSPS) is 18.9. The van der Waals surface area contributed by atoms with Crippen molar-refractivity contribution in [3.8, 4) is 11.5 Å². The number of carbonyl (C=O) groups is 2. The molecule has 2 aromatic rings. The number of rotatable bonds is 12. The number of ether oxygens (including phenoxy) is 2. The summed E-state index contributed by atoms with van der Waals surface area (Å²) in [4.78, 5) is 28.2. The first-order valence-corrected chi connectivity index (χ1v) is 14.0. The number of amides is 2. The Bertz CT molecular complexity index is 1160. The van der Waals surface area contributed by atoms with Gasteiger partial charge < -0.3 is 35.0 Å². The van der Waals surface area contributed by atoms with Crippen LogP contribution in [0.2, 0.25) is 0 Å². The number of aliphatic hydroxyl groups is 3. The molecule has 0 fully saturated rings. The Kier molecular flexibility index (Phi) is 11.6. The quantitative estimate of drug-likeness (QED) is 0.260. The van der Waals surface area contributed by atoms with Gasteiger partial charge in [-0.1, -0.05) is 44.2 Å². The number of hydrogen-bond acceptors (Lipinski definition) is 7. The van der Waals surface area contributed by atoms with Crippen LogP contribution < -0.4 is 14.8 Å². The highest BCUT2D eigenvalue weighted by Crippen LogP contribution is 2.37. The Balaban J connectivity index is 2.03. The van der Waals surface area contributed by atoms with Crippen LogP contribution in [0.15, 0.2) is 54.1 Å². The molecule has 3 atom stereocenters. The van der Waals surface area contributed by atoms with Crippen LogP contribution in [0, 0.1) is 9.49 Å². The van der Waals surface area contributed by atoms with Crippen molar-refractivity contribution in [1.82, 2.24) is 10.2 Å². The van der Waals surface area contributed by atoms with Crippen LogP contribution in [-0.2, 0) is 22.7 Å². The smallest absolute Gasteiger partial charge is 0.247 e. The summed E-state index contributed by atoms with van der Waals surface area (Å²) >= 11 is 2.07. The molecule has 9 nitrogen and oxygen atoms in total. The number of carbonyl (C=O) groups excluding carboxylic acids is 2. The van der Waals surface area contributed by atoms with Gasteiger partial charge >= 0.3 is 0 Å². The van der Waals surface area contributed by atoms with E-state index in [9.17, 15) is 24.9 Å². The molecule has 0 radical (unpaired) electrons. The van der Waals surface area contributed by atoms with Crippen LogP contribution >= 0.6 is 22.6 Å². The molecule has 0 heterocycles. The molecule has 1 aliphatic rings. The molecule has 0 spiro atoms. The molecule has 0 aliphatic heterocycles. The van der Waals surface area contributed by atoms with E-state index in [1.54, 1.807) is 23.1 Å². The first kappa shape index (κ1) is 30.9. The fourth-order valence-corrected chi connectivity index (χ4v) is 5.32. The van der Waals surface area contributed by atoms with Gasteiger partial charge in [0.05, 0.1) is 29.9 Å². The molecule has 3 rings (SSSR count). The molecule has 212 valence electrons. The second-order valence-electron chi connectivity index (χ2n) is 9.89. The van der Waals surface area contributed by atoms with E-state index in [2.05, 4.69) is 27.9 Å². The predicted octanol–water partition coefficient (Wildman–Crippen LogP) is 2.78. The van der Waals surface area contributed by atoms with Gasteiger partial charge in [0.1, 0.15) is 12.2 Å². The standard InChI is InChI=1S/C29H37IN2O7/c1-18(2)11-26(35)32(16-19-7-5-4-6-8-19)23-14-21(29(37)31-9-10-33)15-24(27(23)36)39-28-22(30)12-20(17-34)13-25(28)38-3/h4-8,12-13,15,18,23-24,27,33-34,36H,9-11,14,16-17H2,1-3H3,(H,31,37)/t23-,24+,27+/m1/s1. The van der Waals surface area contributed by atoms with Crippen molar-refractivity contribution in [3.63, 3.8) is 0 Å². The maximum atomic E-state index is 13.5. The Labute approximate surface area is 243 Å². The number of nitrogens with one attached hydrogen (secondary N) is 1. The van der Waals surface area contributed by atoms with Crippen molar-refractivity contribution in [1.29, 1.82) is 0 Å². The fraction of sp³-hybridized carbons (Fsp3) is 0.448. The molecule has 0 unspecified atom stereocenters. The number of methoxy groups -OCH3 is 1. The molecule has 0 aromatic heterocycles. The lowest BCUT2D eigenvalue weighted by Gasteiger charge is -2.41. The third kappa shape index (κ3) is 8.17. The summed E-state index contributed by atoms with van der Waals surface area (Å²) in [6.07, 6.45) is -0.168. The highest BCUT2D eigenvalue weighted by atomic mass is 127. The van der Waals surface area contributed by atoms with E-state index < -0.39 is 24.2 Å². The first-order chi connectivity index (χ1) is 18.7. The van der Waals surface area contributed by atoms with Gasteiger partial charge in [0.2, 0.25) is 11.8 Å². The van der Waals surface area contributed by atoms with E-state index in [1.807, 2.05) is 44.2 Å². The van der Waals surface area contributed by atoms with Crippen LogP contribution in [0.4, 0.5) is 0 Å². The molecule has 2 aromatic carbocycles. The van der Waals surface area contributed by atoms with E-state index >= 15 is 0 Å². The molecular weight excluding hydrogens is 615 g/mol. The Hall–Kier alpha value is -2.67. The number of hydrogen-bond donors (Lipinski definition) is 4. The molecule has 39 heavy (non-hydrogen) atoms. The van der Waals surface area contributed by atoms with E-state index in [0.717, 1.165) is 5.56 Å². The number of aliphatic hydroxyl groups excluding tert-OH is 3. The molecule has 0 saturated carbocycles. The zero-order valence-electron chi connectivity index (χ0n) is 22.5. The summed E-state index contributed by atoms with van der Waals surface area (Å²) in [6.45, 7) is 3.86. The average Bonchev–Trinajstić information content (AvgIpc) is 2.92. The van der Waals surface area contributed by atoms with Crippen molar-refractivity contribution >= 4 is 34.4 Å². The van der Waals surface area contributed by atoms with Gasteiger partial charge in [-0.25, -0.2) is 0 Å². The van der Waals surface area contributed by atoms with Gasteiger partial charge in [-0.3, -0.25) is 9.59 Å². The summed E-state index contributed by atoms with van der Waals surface area (Å²) in [7, 11) is 1.48. The highest BCUT2D eigenvalue weighted by Gasteiger charge is 2.41. The monoisotopic (exact) mass is 652 g/mol. The highest BCUT2D eigenvalue weighted by molar-refractivity contribution is 14.1. The maximum Gasteiger partial charge on any atom is 0.247 e. The number of nitrogens with zero attached hydrogens (tertiary/aromatic N) is 1. The van der Waals surface area contributed by atoms with Gasteiger partial charge in [0.15, 0.2) is 11.5 Å². The van der Waals surface area contributed by atoms with Crippen LogP contribution in [0.3, 0.4) is 0 Å². The lowest BCUT2D eigenvalue weighted by Crippen LogP contribution is -2.55. The third-order valence-electron chi connectivity index (χ3n) is 6.44.